The molecule has 0 saturated carbocycles. The van der Waals surface area contributed by atoms with Gasteiger partial charge in [0.05, 0.1) is 0 Å². The Hall–Kier alpha value is -3.05. The Labute approximate surface area is 172 Å². The standard InChI is InChI=1S/C22H17F3NO3P/c1-30(29-20-8-3-2-5-16(20)23)28-15-11-9-14(10-12-15)19-13-27-22(26-19)21-17(24)6-4-7-18(21)25/h2-12,19H,13H2,1H3. The first-order valence-electron chi connectivity index (χ1n) is 9.10. The van der Waals surface area contributed by atoms with E-state index in [-0.39, 0.29) is 29.9 Å². The second kappa shape index (κ2) is 8.76. The van der Waals surface area contributed by atoms with Crippen molar-refractivity contribution in [3.8, 4) is 11.5 Å². The molecule has 0 N–H and O–H groups in total. The van der Waals surface area contributed by atoms with Gasteiger partial charge in [-0.05, 0) is 42.0 Å². The number of nitrogens with zero attached hydrogens (tertiary/aromatic N) is 1. The van der Waals surface area contributed by atoms with Crippen LogP contribution in [0.1, 0.15) is 17.2 Å². The SMILES string of the molecule is CP(Oc1ccc(C2COC(c3c(F)cccc3F)=N2)cc1)Oc1ccccc1F. The average Bonchev–Trinajstić information content (AvgIpc) is 3.20. The summed E-state index contributed by atoms with van der Waals surface area (Å²) in [5.41, 5.74) is 0.548. The van der Waals surface area contributed by atoms with Crippen molar-refractivity contribution in [1.29, 1.82) is 0 Å². The smallest absolute Gasteiger partial charge is 0.287 e. The van der Waals surface area contributed by atoms with Crippen LogP contribution in [0.2, 0.25) is 0 Å². The second-order valence-corrected chi connectivity index (χ2v) is 7.72. The molecule has 0 aromatic heterocycles. The van der Waals surface area contributed by atoms with Gasteiger partial charge in [0.15, 0.2) is 11.6 Å². The number of rotatable bonds is 6. The normalized spacial score (nSPS) is 16.5. The first kappa shape index (κ1) is 20.2. The first-order chi connectivity index (χ1) is 14.5. The van der Waals surface area contributed by atoms with Crippen LogP contribution in [-0.4, -0.2) is 19.2 Å². The predicted molar refractivity (Wildman–Crippen MR) is 109 cm³/mol. The molecular weight excluding hydrogens is 414 g/mol. The van der Waals surface area contributed by atoms with Crippen LogP contribution in [0.5, 0.6) is 11.5 Å². The summed E-state index contributed by atoms with van der Waals surface area (Å²) < 4.78 is 58.2. The fraction of sp³-hybridized carbons (Fsp3) is 0.136. The first-order valence-corrected chi connectivity index (χ1v) is 10.7. The lowest BCUT2D eigenvalue weighted by molar-refractivity contribution is 0.317. The Balaban J connectivity index is 1.43. The maximum absolute atomic E-state index is 13.9. The highest BCUT2D eigenvalue weighted by Gasteiger charge is 2.26. The topological polar surface area (TPSA) is 40.0 Å². The number of hydrogen-bond donors (Lipinski definition) is 0. The number of hydrogen-bond acceptors (Lipinski definition) is 4. The van der Waals surface area contributed by atoms with Crippen molar-refractivity contribution in [2.24, 2.45) is 4.99 Å². The van der Waals surface area contributed by atoms with E-state index in [2.05, 4.69) is 4.99 Å². The van der Waals surface area contributed by atoms with E-state index in [1.165, 1.54) is 18.2 Å². The summed E-state index contributed by atoms with van der Waals surface area (Å²) in [5.74, 6) is -1.26. The van der Waals surface area contributed by atoms with E-state index >= 15 is 0 Å². The zero-order valence-electron chi connectivity index (χ0n) is 15.9. The van der Waals surface area contributed by atoms with Crippen molar-refractivity contribution in [2.45, 2.75) is 6.04 Å². The van der Waals surface area contributed by atoms with Gasteiger partial charge in [0, 0.05) is 6.66 Å². The van der Waals surface area contributed by atoms with Crippen molar-refractivity contribution in [3.05, 3.63) is 95.3 Å². The van der Waals surface area contributed by atoms with Crippen molar-refractivity contribution in [2.75, 3.05) is 13.3 Å². The van der Waals surface area contributed by atoms with Gasteiger partial charge in [0.2, 0.25) is 5.90 Å². The molecule has 0 amide bonds. The largest absolute Gasteiger partial charge is 0.475 e. The minimum absolute atomic E-state index is 0.0497. The summed E-state index contributed by atoms with van der Waals surface area (Å²) in [7, 11) is -1.39. The van der Waals surface area contributed by atoms with Gasteiger partial charge in [-0.15, -0.1) is 0 Å². The van der Waals surface area contributed by atoms with Crippen molar-refractivity contribution in [3.63, 3.8) is 0 Å². The Bertz CT molecular complexity index is 1060. The molecular formula is C22H17F3NO3P. The predicted octanol–water partition coefficient (Wildman–Crippen LogP) is 6.02. The molecule has 0 fully saturated rings. The van der Waals surface area contributed by atoms with Crippen molar-refractivity contribution < 1.29 is 27.0 Å². The maximum atomic E-state index is 13.9. The summed E-state index contributed by atoms with van der Waals surface area (Å²) in [6, 6.07) is 16.4. The Kier molecular flexibility index (Phi) is 5.91. The molecule has 8 heteroatoms. The molecule has 0 bridgehead atoms. The molecule has 0 radical (unpaired) electrons. The van der Waals surface area contributed by atoms with Crippen LogP contribution in [0, 0.1) is 17.5 Å². The molecule has 0 spiro atoms. The molecule has 1 heterocycles. The zero-order valence-corrected chi connectivity index (χ0v) is 16.8. The third-order valence-electron chi connectivity index (χ3n) is 4.39. The number of para-hydroxylation sites is 1. The monoisotopic (exact) mass is 431 g/mol. The summed E-state index contributed by atoms with van der Waals surface area (Å²) in [6.07, 6.45) is 0. The van der Waals surface area contributed by atoms with Crippen LogP contribution in [-0.2, 0) is 4.74 Å². The van der Waals surface area contributed by atoms with E-state index < -0.39 is 25.8 Å². The van der Waals surface area contributed by atoms with E-state index in [0.29, 0.717) is 5.75 Å². The van der Waals surface area contributed by atoms with Gasteiger partial charge >= 0.3 is 0 Å². The lowest BCUT2D eigenvalue weighted by Crippen LogP contribution is -2.07. The van der Waals surface area contributed by atoms with Crippen LogP contribution in [0.3, 0.4) is 0 Å². The van der Waals surface area contributed by atoms with Crippen molar-refractivity contribution in [1.82, 2.24) is 0 Å². The summed E-state index contributed by atoms with van der Waals surface area (Å²) >= 11 is 0. The Morgan fingerprint density at radius 1 is 0.867 bits per heavy atom. The number of benzene rings is 3. The van der Waals surface area contributed by atoms with Gasteiger partial charge in [-0.1, -0.05) is 30.3 Å². The minimum atomic E-state index is -1.39. The number of ether oxygens (including phenoxy) is 1. The second-order valence-electron chi connectivity index (χ2n) is 6.48. The van der Waals surface area contributed by atoms with E-state index in [1.807, 2.05) is 0 Å². The van der Waals surface area contributed by atoms with E-state index in [0.717, 1.165) is 17.7 Å². The van der Waals surface area contributed by atoms with Crippen LogP contribution >= 0.6 is 8.38 Å². The van der Waals surface area contributed by atoms with Gasteiger partial charge in [0.25, 0.3) is 8.38 Å². The molecule has 30 heavy (non-hydrogen) atoms. The molecule has 0 aliphatic carbocycles. The highest BCUT2D eigenvalue weighted by atomic mass is 31.2. The quantitative estimate of drug-likeness (QED) is 0.448. The summed E-state index contributed by atoms with van der Waals surface area (Å²) in [5, 5.41) is 0. The molecule has 1 aliphatic heterocycles. The number of aliphatic imine (C=N–C) groups is 1. The molecule has 4 rings (SSSR count). The van der Waals surface area contributed by atoms with Crippen molar-refractivity contribution >= 4 is 14.3 Å². The fourth-order valence-corrected chi connectivity index (χ4v) is 3.84. The third-order valence-corrected chi connectivity index (χ3v) is 5.31. The van der Waals surface area contributed by atoms with Crippen LogP contribution in [0.4, 0.5) is 13.2 Å². The molecule has 3 aromatic rings. The number of halogens is 3. The Morgan fingerprint density at radius 2 is 1.53 bits per heavy atom. The van der Waals surface area contributed by atoms with E-state index in [4.69, 9.17) is 13.8 Å². The molecule has 2 atom stereocenters. The van der Waals surface area contributed by atoms with Gasteiger partial charge in [-0.2, -0.15) is 0 Å². The lowest BCUT2D eigenvalue weighted by atomic mass is 10.1. The van der Waals surface area contributed by atoms with Gasteiger partial charge in [-0.25, -0.2) is 18.2 Å². The van der Waals surface area contributed by atoms with Crippen LogP contribution in [0.25, 0.3) is 0 Å². The lowest BCUT2D eigenvalue weighted by Gasteiger charge is -2.15. The minimum Gasteiger partial charge on any atom is -0.475 e. The summed E-state index contributed by atoms with van der Waals surface area (Å²) in [4.78, 5) is 4.32. The molecule has 154 valence electrons. The molecule has 3 aromatic carbocycles. The highest BCUT2D eigenvalue weighted by molar-refractivity contribution is 7.47. The van der Waals surface area contributed by atoms with Crippen LogP contribution < -0.4 is 9.05 Å². The Morgan fingerprint density at radius 3 is 2.23 bits per heavy atom. The highest BCUT2D eigenvalue weighted by Crippen LogP contribution is 2.38. The molecule has 1 aliphatic rings. The molecule has 4 nitrogen and oxygen atoms in total. The van der Waals surface area contributed by atoms with Gasteiger partial charge < -0.3 is 13.8 Å². The molecule has 0 saturated heterocycles. The van der Waals surface area contributed by atoms with E-state index in [1.54, 1.807) is 43.1 Å². The summed E-state index contributed by atoms with van der Waals surface area (Å²) in [6.45, 7) is 1.90. The zero-order chi connectivity index (χ0) is 21.1. The fourth-order valence-electron chi connectivity index (χ4n) is 2.96. The maximum Gasteiger partial charge on any atom is 0.287 e. The van der Waals surface area contributed by atoms with Gasteiger partial charge in [-0.3, -0.25) is 0 Å². The van der Waals surface area contributed by atoms with Gasteiger partial charge in [0.1, 0.15) is 35.6 Å². The third kappa shape index (κ3) is 4.41. The van der Waals surface area contributed by atoms with E-state index in [9.17, 15) is 13.2 Å². The van der Waals surface area contributed by atoms with Crippen LogP contribution in [0.15, 0.2) is 71.7 Å². The molecule has 2 unspecified atom stereocenters. The average molecular weight is 431 g/mol.